The maximum Gasteiger partial charge on any atom is 0.164 e. The first-order chi connectivity index (χ1) is 58.1. The minimum Gasteiger partial charge on any atom is -0.208 e. The molecule has 0 saturated heterocycles. The number of benzene rings is 15. The fourth-order valence-electron chi connectivity index (χ4n) is 23.9. The van der Waals surface area contributed by atoms with Crippen molar-refractivity contribution in [2.24, 2.45) is 23.7 Å². The zero-order chi connectivity index (χ0) is 78.5. The molecule has 4 atom stereocenters. The summed E-state index contributed by atoms with van der Waals surface area (Å²) in [5, 5.41) is 29.5. The summed E-state index contributed by atoms with van der Waals surface area (Å²) in [5.74, 6) is 6.90. The number of nitrogens with zero attached hydrogens (tertiary/aromatic N) is 8. The van der Waals surface area contributed by atoms with E-state index in [0.717, 1.165) is 50.1 Å². The van der Waals surface area contributed by atoms with Crippen LogP contribution in [-0.4, -0.2) is 29.9 Å². The van der Waals surface area contributed by atoms with Crippen LogP contribution in [0.4, 0.5) is 0 Å². The topological polar surface area (TPSA) is 125 Å². The molecule has 118 heavy (non-hydrogen) atoms. The number of hydrogen-bond acceptors (Lipinski definition) is 8. The maximum atomic E-state index is 9.46. The van der Waals surface area contributed by atoms with Crippen LogP contribution in [0.15, 0.2) is 340 Å². The van der Waals surface area contributed by atoms with Crippen molar-refractivity contribution in [1.29, 1.82) is 10.5 Å². The van der Waals surface area contributed by atoms with Crippen LogP contribution in [-0.2, 0) is 21.7 Å². The van der Waals surface area contributed by atoms with Crippen molar-refractivity contribution in [3.8, 4) is 114 Å². The van der Waals surface area contributed by atoms with Gasteiger partial charge in [0.1, 0.15) is 0 Å². The minimum atomic E-state index is 0.0958. The average Bonchev–Trinajstić information content (AvgIpc) is 0.696. The lowest BCUT2D eigenvalue weighted by Gasteiger charge is -2.63. The molecule has 8 saturated carbocycles. The molecule has 2 aromatic heterocycles. The Morgan fingerprint density at radius 1 is 0.212 bits per heavy atom. The Morgan fingerprint density at radius 3 is 0.771 bits per heavy atom. The van der Waals surface area contributed by atoms with Gasteiger partial charge in [0.15, 0.2) is 34.9 Å². The van der Waals surface area contributed by atoms with Gasteiger partial charge in [0, 0.05) is 33.4 Å². The number of fused-ring (bicyclic) bond motifs is 4. The number of aromatic nitrogens is 6. The van der Waals surface area contributed by atoms with Crippen LogP contribution in [0.5, 0.6) is 0 Å². The predicted molar refractivity (Wildman–Crippen MR) is 477 cm³/mol. The van der Waals surface area contributed by atoms with Crippen LogP contribution < -0.4 is 0 Å². The highest BCUT2D eigenvalue weighted by Gasteiger charge is 2.61. The van der Waals surface area contributed by atoms with Gasteiger partial charge >= 0.3 is 0 Å². The van der Waals surface area contributed by atoms with Crippen molar-refractivity contribution in [3.05, 3.63) is 373 Å². The summed E-state index contributed by atoms with van der Waals surface area (Å²) >= 11 is 0. The molecule has 8 fully saturated rings. The van der Waals surface area contributed by atoms with Gasteiger partial charge in [-0.05, 0) is 251 Å². The van der Waals surface area contributed by atoms with Crippen molar-refractivity contribution >= 4 is 43.1 Å². The van der Waals surface area contributed by atoms with Crippen molar-refractivity contribution < 1.29 is 0 Å². The molecule has 8 aliphatic rings. The van der Waals surface area contributed by atoms with Crippen molar-refractivity contribution in [2.75, 3.05) is 0 Å². The fourth-order valence-corrected chi connectivity index (χ4v) is 23.9. The van der Waals surface area contributed by atoms with E-state index in [1.165, 1.54) is 159 Å². The second-order valence-electron chi connectivity index (χ2n) is 34.9. The summed E-state index contributed by atoms with van der Waals surface area (Å²) in [6.45, 7) is 0. The molecule has 0 radical (unpaired) electrons. The zero-order valence-electron chi connectivity index (χ0n) is 65.7. The van der Waals surface area contributed by atoms with Gasteiger partial charge in [-0.3, -0.25) is 0 Å². The summed E-state index contributed by atoms with van der Waals surface area (Å²) in [5.41, 5.74) is 21.0. The largest absolute Gasteiger partial charge is 0.208 e. The lowest BCUT2D eigenvalue weighted by Crippen LogP contribution is -2.56. The van der Waals surface area contributed by atoms with E-state index in [9.17, 15) is 10.5 Å². The SMILES string of the molecule is N#Cc1ccc(-c2ccc(C34CC5CC(C3)CC(c3ccc(-c6cccc(-c7nc(-c8ccccc8)nc(-c8ccccc8)n7)c6)c6ccccc36)(C5)C4)c3ccccc23)cc1.N#Cc1ccc(-c2ccc(C34CC5CC(C3)CC(c3ccc(-c6nc(-c7ccccc7)nc(-c7ccccc7)n6)c6ccccc36)(C5)C4)c3ccccc23)cc1. The fraction of sp³-hybridized carbons (Fsp3) is 0.182. The first-order valence-corrected chi connectivity index (χ1v) is 42.1. The van der Waals surface area contributed by atoms with Crippen LogP contribution in [0, 0.1) is 46.3 Å². The van der Waals surface area contributed by atoms with E-state index in [2.05, 4.69) is 255 Å². The van der Waals surface area contributed by atoms with E-state index in [-0.39, 0.29) is 21.7 Å². The van der Waals surface area contributed by atoms with Crippen molar-refractivity contribution in [3.63, 3.8) is 0 Å². The molecule has 0 aliphatic heterocycles. The zero-order valence-corrected chi connectivity index (χ0v) is 65.7. The Hall–Kier alpha value is -13.7. The Bertz CT molecular complexity index is 6740. The first-order valence-electron chi connectivity index (χ1n) is 42.1. The summed E-state index contributed by atoms with van der Waals surface area (Å²) in [7, 11) is 0. The molecule has 15 aromatic carbocycles. The van der Waals surface area contributed by atoms with Crippen LogP contribution in [0.3, 0.4) is 0 Å². The van der Waals surface area contributed by atoms with Gasteiger partial charge in [0.05, 0.1) is 23.3 Å². The first kappa shape index (κ1) is 70.9. The minimum absolute atomic E-state index is 0.0958. The maximum absolute atomic E-state index is 9.46. The third-order valence-electron chi connectivity index (χ3n) is 27.8. The van der Waals surface area contributed by atoms with Crippen molar-refractivity contribution in [2.45, 2.75) is 98.7 Å². The van der Waals surface area contributed by atoms with Crippen LogP contribution in [0.25, 0.3) is 145 Å². The van der Waals surface area contributed by atoms with Gasteiger partial charge in [-0.1, -0.05) is 309 Å². The lowest BCUT2D eigenvalue weighted by atomic mass is 9.41. The second-order valence-corrected chi connectivity index (χ2v) is 34.9. The molecule has 0 spiro atoms. The molecule has 4 unspecified atom stereocenters. The Morgan fingerprint density at radius 2 is 0.458 bits per heavy atom. The van der Waals surface area contributed by atoms with E-state index in [4.69, 9.17) is 29.9 Å². The summed E-state index contributed by atoms with van der Waals surface area (Å²) < 4.78 is 0. The van der Waals surface area contributed by atoms with E-state index < -0.39 is 0 Å². The molecular weight excluding hydrogens is 1430 g/mol. The van der Waals surface area contributed by atoms with Crippen LogP contribution in [0.2, 0.25) is 0 Å². The Kier molecular flexibility index (Phi) is 17.2. The summed E-state index contributed by atoms with van der Waals surface area (Å²) in [4.78, 5) is 30.3. The predicted octanol–water partition coefficient (Wildman–Crippen LogP) is 26.7. The van der Waals surface area contributed by atoms with Crippen LogP contribution in [0.1, 0.15) is 110 Å². The van der Waals surface area contributed by atoms with E-state index in [1.807, 2.05) is 97.1 Å². The molecule has 2 heterocycles. The summed E-state index contributed by atoms with van der Waals surface area (Å²) in [6, 6.07) is 126. The van der Waals surface area contributed by atoms with Gasteiger partial charge in [-0.15, -0.1) is 0 Å². The molecule has 8 aliphatic carbocycles. The molecule has 17 aromatic rings. The third kappa shape index (κ3) is 12.3. The number of nitriles is 2. The van der Waals surface area contributed by atoms with Gasteiger partial charge in [0.25, 0.3) is 0 Å². The molecule has 564 valence electrons. The van der Waals surface area contributed by atoms with E-state index in [1.54, 1.807) is 0 Å². The highest BCUT2D eigenvalue weighted by Crippen LogP contribution is 2.70. The molecule has 0 N–H and O–H groups in total. The number of rotatable bonds is 13. The third-order valence-corrected chi connectivity index (χ3v) is 27.8. The molecule has 8 nitrogen and oxygen atoms in total. The molecule has 8 bridgehead atoms. The van der Waals surface area contributed by atoms with Crippen LogP contribution >= 0.6 is 0 Å². The van der Waals surface area contributed by atoms with Gasteiger partial charge in [-0.2, -0.15) is 10.5 Å². The van der Waals surface area contributed by atoms with Gasteiger partial charge in [0.2, 0.25) is 0 Å². The monoisotopic (exact) mass is 1520 g/mol. The molecule has 8 heteroatoms. The highest BCUT2D eigenvalue weighted by atomic mass is 15.0. The second kappa shape index (κ2) is 28.7. The smallest absolute Gasteiger partial charge is 0.164 e. The lowest BCUT2D eigenvalue weighted by molar-refractivity contribution is -0.0270. The number of hydrogen-bond donors (Lipinski definition) is 0. The summed E-state index contributed by atoms with van der Waals surface area (Å²) in [6.07, 6.45) is 15.1. The highest BCUT2D eigenvalue weighted by molar-refractivity contribution is 6.03. The normalized spacial score (nSPS) is 21.8. The van der Waals surface area contributed by atoms with E-state index in [0.29, 0.717) is 69.7 Å². The standard InChI is InChI=1S/C58H44N4.C52H40N4/c59-36-38-22-24-41(25-23-38)46-26-28-52(50-20-9-7-18-48(46)50)57-32-39-30-40(33-57)35-58(34-39,37-57)53-29-27-47(49-19-8-10-21-51(49)53)44-16-11-17-45(31-44)56-61-54(42-12-3-1-4-13-42)60-55(62-56)43-14-5-2-6-15-43;53-32-34-19-21-37(22-20-34)40-23-25-46(43-17-9-7-15-41(40)43)51-28-35-27-36(29-51)31-52(30-35,33-51)47-26-24-45(42-16-8-10-18-44(42)47)50-55-48(38-11-3-1-4-12-38)54-49(56-50)39-13-5-2-6-14-39/h1-29,31,39-40H,30,32-35,37H2;1-26,35-36H,27-31,33H2. The molecular formula is C110H84N8. The Balaban J connectivity index is 0.000000143. The molecule has 0 amide bonds. The average molecular weight is 1520 g/mol. The van der Waals surface area contributed by atoms with E-state index >= 15 is 0 Å². The molecule has 25 rings (SSSR count). The van der Waals surface area contributed by atoms with Crippen molar-refractivity contribution in [1.82, 2.24) is 29.9 Å². The van der Waals surface area contributed by atoms with Gasteiger partial charge < -0.3 is 0 Å². The van der Waals surface area contributed by atoms with Gasteiger partial charge in [-0.25, -0.2) is 29.9 Å². The quantitative estimate of drug-likeness (QED) is 0.112. The Labute approximate surface area is 688 Å².